The van der Waals surface area contributed by atoms with E-state index in [-0.39, 0.29) is 4.83 Å². The summed E-state index contributed by atoms with van der Waals surface area (Å²) in [5, 5.41) is 4.35. The van der Waals surface area contributed by atoms with E-state index < -0.39 is 0 Å². The highest BCUT2D eigenvalue weighted by Gasteiger charge is 2.17. The van der Waals surface area contributed by atoms with Crippen molar-refractivity contribution in [2.45, 2.75) is 11.8 Å². The van der Waals surface area contributed by atoms with Crippen LogP contribution in [0.25, 0.3) is 0 Å². The molecule has 0 radical (unpaired) electrons. The Labute approximate surface area is 119 Å². The zero-order valence-corrected chi connectivity index (χ0v) is 12.4. The van der Waals surface area contributed by atoms with Crippen LogP contribution >= 0.6 is 27.3 Å². The smallest absolute Gasteiger partial charge is 0.161 e. The van der Waals surface area contributed by atoms with E-state index in [1.165, 1.54) is 16.7 Å². The lowest BCUT2D eigenvalue weighted by molar-refractivity contribution is 0.171. The van der Waals surface area contributed by atoms with Gasteiger partial charge in [-0.3, -0.25) is 0 Å². The summed E-state index contributed by atoms with van der Waals surface area (Å²) in [6.45, 7) is 3.40. The molecule has 1 aromatic carbocycles. The number of ether oxygens (including phenoxy) is 2. The molecular formula is C14H13BrO2S. The van der Waals surface area contributed by atoms with Crippen LogP contribution in [-0.4, -0.2) is 13.2 Å². The fourth-order valence-electron chi connectivity index (χ4n) is 2.03. The maximum atomic E-state index is 5.62. The lowest BCUT2D eigenvalue weighted by Crippen LogP contribution is -2.15. The van der Waals surface area contributed by atoms with E-state index in [4.69, 9.17) is 9.47 Å². The van der Waals surface area contributed by atoms with Crippen LogP contribution in [0.1, 0.15) is 21.5 Å². The van der Waals surface area contributed by atoms with E-state index in [0.29, 0.717) is 13.2 Å². The molecular weight excluding hydrogens is 312 g/mol. The van der Waals surface area contributed by atoms with Crippen molar-refractivity contribution in [3.05, 3.63) is 45.6 Å². The first kappa shape index (κ1) is 12.1. The van der Waals surface area contributed by atoms with Crippen molar-refractivity contribution < 1.29 is 9.47 Å². The van der Waals surface area contributed by atoms with E-state index in [9.17, 15) is 0 Å². The Kier molecular flexibility index (Phi) is 3.31. The predicted octanol–water partition coefficient (Wildman–Crippen LogP) is 4.31. The molecule has 4 heteroatoms. The summed E-state index contributed by atoms with van der Waals surface area (Å²) in [5.41, 5.74) is 3.83. The van der Waals surface area contributed by atoms with Crippen molar-refractivity contribution in [1.29, 1.82) is 0 Å². The average Bonchev–Trinajstić information content (AvgIpc) is 2.83. The minimum absolute atomic E-state index is 0.208. The Bertz CT molecular complexity index is 565. The summed E-state index contributed by atoms with van der Waals surface area (Å²) >= 11 is 5.49. The van der Waals surface area contributed by atoms with Gasteiger partial charge < -0.3 is 9.47 Å². The zero-order chi connectivity index (χ0) is 12.5. The highest BCUT2D eigenvalue weighted by atomic mass is 79.9. The van der Waals surface area contributed by atoms with E-state index >= 15 is 0 Å². The van der Waals surface area contributed by atoms with Crippen LogP contribution in [0.5, 0.6) is 11.5 Å². The first-order valence-electron chi connectivity index (χ1n) is 5.82. The number of benzene rings is 1. The number of hydrogen-bond donors (Lipinski definition) is 0. The van der Waals surface area contributed by atoms with Crippen molar-refractivity contribution in [3.63, 3.8) is 0 Å². The van der Waals surface area contributed by atoms with Crippen LogP contribution in [0.3, 0.4) is 0 Å². The third-order valence-electron chi connectivity index (χ3n) is 3.03. The van der Waals surface area contributed by atoms with Gasteiger partial charge in [-0.1, -0.05) is 22.0 Å². The monoisotopic (exact) mass is 324 g/mol. The quantitative estimate of drug-likeness (QED) is 0.766. The first-order chi connectivity index (χ1) is 8.75. The number of hydrogen-bond acceptors (Lipinski definition) is 3. The van der Waals surface area contributed by atoms with Crippen molar-refractivity contribution in [3.8, 4) is 11.5 Å². The Balaban J connectivity index is 1.95. The Morgan fingerprint density at radius 3 is 2.67 bits per heavy atom. The normalized spacial score (nSPS) is 15.4. The molecule has 0 fully saturated rings. The van der Waals surface area contributed by atoms with Gasteiger partial charge in [0.05, 0.1) is 4.83 Å². The second-order valence-corrected chi connectivity index (χ2v) is 5.94. The minimum Gasteiger partial charge on any atom is -0.486 e. The Hall–Kier alpha value is -1.00. The lowest BCUT2D eigenvalue weighted by atomic mass is 10.0. The number of thiophene rings is 1. The topological polar surface area (TPSA) is 18.5 Å². The minimum atomic E-state index is 0.208. The number of aryl methyl sites for hydroxylation is 1. The van der Waals surface area contributed by atoms with Gasteiger partial charge in [-0.15, -0.1) is 0 Å². The van der Waals surface area contributed by atoms with Gasteiger partial charge in [0.25, 0.3) is 0 Å². The highest BCUT2D eigenvalue weighted by Crippen LogP contribution is 2.39. The highest BCUT2D eigenvalue weighted by molar-refractivity contribution is 9.09. The SMILES string of the molecule is Cc1cscc1C(Br)c1ccc2c(c1)OCCO2. The van der Waals surface area contributed by atoms with Gasteiger partial charge in [0.1, 0.15) is 13.2 Å². The summed E-state index contributed by atoms with van der Waals surface area (Å²) in [6, 6.07) is 6.13. The summed E-state index contributed by atoms with van der Waals surface area (Å²) in [4.78, 5) is 0.208. The molecule has 1 aromatic heterocycles. The number of halogens is 1. The zero-order valence-electron chi connectivity index (χ0n) is 9.98. The van der Waals surface area contributed by atoms with Gasteiger partial charge in [0, 0.05) is 0 Å². The van der Waals surface area contributed by atoms with Gasteiger partial charge in [0.15, 0.2) is 11.5 Å². The van der Waals surface area contributed by atoms with E-state index in [2.05, 4.69) is 45.7 Å². The van der Waals surface area contributed by atoms with Gasteiger partial charge in [-0.2, -0.15) is 11.3 Å². The summed E-state index contributed by atoms with van der Waals surface area (Å²) in [6.07, 6.45) is 0. The molecule has 0 saturated carbocycles. The maximum absolute atomic E-state index is 5.62. The molecule has 2 aromatic rings. The second kappa shape index (κ2) is 4.94. The molecule has 1 aliphatic heterocycles. The molecule has 2 heterocycles. The van der Waals surface area contributed by atoms with E-state index in [1.807, 2.05) is 6.07 Å². The molecule has 0 amide bonds. The van der Waals surface area contributed by atoms with Gasteiger partial charge in [-0.25, -0.2) is 0 Å². The predicted molar refractivity (Wildman–Crippen MR) is 77.3 cm³/mol. The van der Waals surface area contributed by atoms with Crippen molar-refractivity contribution in [1.82, 2.24) is 0 Å². The molecule has 1 atom stereocenters. The molecule has 0 spiro atoms. The van der Waals surface area contributed by atoms with E-state index in [0.717, 1.165) is 11.5 Å². The molecule has 18 heavy (non-hydrogen) atoms. The molecule has 0 bridgehead atoms. The molecule has 0 N–H and O–H groups in total. The third kappa shape index (κ3) is 2.15. The lowest BCUT2D eigenvalue weighted by Gasteiger charge is -2.20. The van der Waals surface area contributed by atoms with Crippen LogP contribution < -0.4 is 9.47 Å². The number of alkyl halides is 1. The molecule has 1 aliphatic rings. The van der Waals surface area contributed by atoms with Crippen molar-refractivity contribution in [2.24, 2.45) is 0 Å². The molecule has 0 aliphatic carbocycles. The van der Waals surface area contributed by atoms with Crippen LogP contribution in [0.15, 0.2) is 29.0 Å². The second-order valence-electron chi connectivity index (χ2n) is 4.28. The molecule has 2 nitrogen and oxygen atoms in total. The molecule has 0 saturated heterocycles. The fraction of sp³-hybridized carbons (Fsp3) is 0.286. The van der Waals surface area contributed by atoms with Gasteiger partial charge in [0.2, 0.25) is 0 Å². The number of rotatable bonds is 2. The third-order valence-corrected chi connectivity index (χ3v) is 4.93. The van der Waals surface area contributed by atoms with Gasteiger partial charge >= 0.3 is 0 Å². The van der Waals surface area contributed by atoms with Crippen molar-refractivity contribution >= 4 is 27.3 Å². The first-order valence-corrected chi connectivity index (χ1v) is 7.68. The van der Waals surface area contributed by atoms with E-state index in [1.54, 1.807) is 11.3 Å². The number of fused-ring (bicyclic) bond motifs is 1. The summed E-state index contributed by atoms with van der Waals surface area (Å²) in [5.74, 6) is 1.68. The maximum Gasteiger partial charge on any atom is 0.161 e. The van der Waals surface area contributed by atoms with Crippen LogP contribution in [0.2, 0.25) is 0 Å². The average molecular weight is 325 g/mol. The summed E-state index contributed by atoms with van der Waals surface area (Å²) < 4.78 is 11.2. The van der Waals surface area contributed by atoms with Crippen LogP contribution in [0.4, 0.5) is 0 Å². The summed E-state index contributed by atoms with van der Waals surface area (Å²) in [7, 11) is 0. The fourth-order valence-corrected chi connectivity index (χ4v) is 3.86. The molecule has 1 unspecified atom stereocenters. The Morgan fingerprint density at radius 2 is 1.94 bits per heavy atom. The Morgan fingerprint density at radius 1 is 1.17 bits per heavy atom. The molecule has 3 rings (SSSR count). The van der Waals surface area contributed by atoms with Gasteiger partial charge in [-0.05, 0) is 46.5 Å². The molecule has 94 valence electrons. The largest absolute Gasteiger partial charge is 0.486 e. The van der Waals surface area contributed by atoms with Crippen LogP contribution in [-0.2, 0) is 0 Å². The standard InChI is InChI=1S/C14H13BrO2S/c1-9-7-18-8-11(9)14(15)10-2-3-12-13(6-10)17-5-4-16-12/h2-3,6-8,14H,4-5H2,1H3. The van der Waals surface area contributed by atoms with Crippen LogP contribution in [0, 0.1) is 6.92 Å². The van der Waals surface area contributed by atoms with Crippen molar-refractivity contribution in [2.75, 3.05) is 13.2 Å².